The van der Waals surface area contributed by atoms with E-state index in [1.54, 1.807) is 23.5 Å². The Hall–Kier alpha value is -5.98. The van der Waals surface area contributed by atoms with Gasteiger partial charge in [-0.1, -0.05) is 23.7 Å². The van der Waals surface area contributed by atoms with Crippen molar-refractivity contribution in [1.82, 2.24) is 34.8 Å². The number of hydrogen-bond donors (Lipinski definition) is 3. The lowest BCUT2D eigenvalue weighted by Crippen LogP contribution is -2.70. The summed E-state index contributed by atoms with van der Waals surface area (Å²) in [6, 6.07) is 20.1. The van der Waals surface area contributed by atoms with Crippen LogP contribution in [0.4, 0.5) is 11.4 Å². The molecule has 67 heavy (non-hydrogen) atoms. The number of carbonyl (C=O) groups is 4. The number of hydrogen-bond acceptors (Lipinski definition) is 13. The van der Waals surface area contributed by atoms with Crippen molar-refractivity contribution in [3.8, 4) is 10.8 Å². The molecule has 0 saturated carbocycles. The first kappa shape index (κ1) is 43.6. The summed E-state index contributed by atoms with van der Waals surface area (Å²) in [7, 11) is 0. The molecule has 0 spiro atoms. The number of likely N-dealkylation sites (tertiary alicyclic amines) is 2. The lowest BCUT2D eigenvalue weighted by atomic mass is 9.95. The van der Waals surface area contributed by atoms with E-state index in [0.717, 1.165) is 102 Å². The summed E-state index contributed by atoms with van der Waals surface area (Å²) in [6.45, 7) is 11.8. The molecular formula is C49H51ClN10O6S. The van der Waals surface area contributed by atoms with Crippen LogP contribution in [0.2, 0.25) is 5.02 Å². The van der Waals surface area contributed by atoms with Gasteiger partial charge in [0.25, 0.3) is 11.8 Å². The molecule has 6 aliphatic heterocycles. The van der Waals surface area contributed by atoms with Crippen molar-refractivity contribution in [1.29, 1.82) is 0 Å². The third-order valence-electron chi connectivity index (χ3n) is 14.3. The number of amides is 4. The van der Waals surface area contributed by atoms with Crippen LogP contribution in [0, 0.1) is 20.8 Å². The summed E-state index contributed by atoms with van der Waals surface area (Å²) in [4.78, 5) is 67.5. The van der Waals surface area contributed by atoms with Crippen molar-refractivity contribution < 1.29 is 29.0 Å². The Kier molecular flexibility index (Phi) is 11.2. The van der Waals surface area contributed by atoms with Crippen LogP contribution in [0.1, 0.15) is 92.1 Å². The standard InChI is InChI=1S/C49H51ClN10O6S/c1-26-27(2)67-49-43(26)44(29-4-6-30(50)7-5-29)52-39(45-55-54-28(3)59(45)49)21-42(62)51-31-8-11-35(12-9-31)66-36-16-18-56(19-17-36)33-22-58(23-33)34-24-57(25-34)32-10-13-37-38(20-32)48(65)60(47(37)64)40-14-15-41(61)53-46(40)63/h4-13,20,33-34,36,39-41,61H,14-19,21-25H2,1-3H3,(H,51,62)(H,53,63)/t39-,40?,41?/m0/s1. The van der Waals surface area contributed by atoms with E-state index in [-0.39, 0.29) is 31.3 Å². The number of thiophene rings is 1. The summed E-state index contributed by atoms with van der Waals surface area (Å²) >= 11 is 7.95. The summed E-state index contributed by atoms with van der Waals surface area (Å²) < 4.78 is 8.48. The summed E-state index contributed by atoms with van der Waals surface area (Å²) in [5, 5.41) is 25.9. The molecule has 2 aromatic heterocycles. The number of nitrogens with one attached hydrogen (secondary N) is 2. The highest BCUT2D eigenvalue weighted by Gasteiger charge is 2.46. The van der Waals surface area contributed by atoms with Crippen molar-refractivity contribution in [2.75, 3.05) is 49.5 Å². The van der Waals surface area contributed by atoms with Crippen molar-refractivity contribution in [3.05, 3.63) is 116 Å². The Morgan fingerprint density at radius 1 is 0.866 bits per heavy atom. The number of aryl methyl sites for hydroxylation is 2. The molecule has 346 valence electrons. The van der Waals surface area contributed by atoms with E-state index < -0.39 is 36.0 Å². The number of anilines is 2. The van der Waals surface area contributed by atoms with Crippen LogP contribution < -0.4 is 20.3 Å². The van der Waals surface area contributed by atoms with Crippen LogP contribution in [-0.2, 0) is 9.59 Å². The minimum absolute atomic E-state index is 0.0804. The number of benzene rings is 3. The van der Waals surface area contributed by atoms with Crippen LogP contribution in [-0.4, -0.2) is 134 Å². The smallest absolute Gasteiger partial charge is 0.262 e. The predicted molar refractivity (Wildman–Crippen MR) is 254 cm³/mol. The highest BCUT2D eigenvalue weighted by molar-refractivity contribution is 7.15. The van der Waals surface area contributed by atoms with Crippen molar-refractivity contribution in [2.45, 2.75) is 89.4 Å². The largest absolute Gasteiger partial charge is 0.490 e. The second-order valence-electron chi connectivity index (χ2n) is 18.5. The van der Waals surface area contributed by atoms with E-state index in [9.17, 15) is 24.3 Å². The zero-order chi connectivity index (χ0) is 46.2. The lowest BCUT2D eigenvalue weighted by molar-refractivity contribution is -0.131. The fourth-order valence-electron chi connectivity index (χ4n) is 10.4. The Balaban J connectivity index is 0.645. The minimum atomic E-state index is -0.958. The molecule has 0 aliphatic carbocycles. The molecule has 0 radical (unpaired) electrons. The second-order valence-corrected chi connectivity index (χ2v) is 20.2. The molecule has 3 N–H and O–H groups in total. The molecule has 8 heterocycles. The zero-order valence-corrected chi connectivity index (χ0v) is 39.0. The molecule has 4 amide bonds. The Labute approximate surface area is 396 Å². The molecule has 5 aromatic rings. The molecule has 11 rings (SSSR count). The van der Waals surface area contributed by atoms with Crippen molar-refractivity contribution >= 4 is 63.7 Å². The first-order chi connectivity index (χ1) is 32.4. The van der Waals surface area contributed by atoms with Crippen LogP contribution in [0.3, 0.4) is 0 Å². The topological polar surface area (TPSA) is 178 Å². The van der Waals surface area contributed by atoms with Gasteiger partial charge in [0, 0.05) is 83.8 Å². The van der Waals surface area contributed by atoms with Gasteiger partial charge in [-0.25, -0.2) is 0 Å². The maximum atomic E-state index is 13.7. The lowest BCUT2D eigenvalue weighted by Gasteiger charge is -2.55. The molecule has 18 heteroatoms. The normalized spacial score (nSPS) is 22.6. The van der Waals surface area contributed by atoms with E-state index in [1.165, 1.54) is 4.88 Å². The number of ether oxygens (including phenoxy) is 1. The van der Waals surface area contributed by atoms with Crippen LogP contribution in [0.5, 0.6) is 5.75 Å². The van der Waals surface area contributed by atoms with Gasteiger partial charge in [-0.05, 0) is 107 Å². The number of fused-ring (bicyclic) bond motifs is 4. The number of carbonyl (C=O) groups excluding carboxylic acids is 4. The number of rotatable bonds is 10. The number of halogens is 1. The summed E-state index contributed by atoms with van der Waals surface area (Å²) in [5.74, 6) is 0.542. The molecule has 6 aliphatic rings. The number of aliphatic hydroxyl groups excluding tert-OH is 1. The van der Waals surface area contributed by atoms with Gasteiger partial charge in [-0.2, -0.15) is 0 Å². The van der Waals surface area contributed by atoms with Gasteiger partial charge in [0.1, 0.15) is 41.0 Å². The van der Waals surface area contributed by atoms with E-state index in [1.807, 2.05) is 66.1 Å². The van der Waals surface area contributed by atoms with E-state index in [0.29, 0.717) is 39.7 Å². The van der Waals surface area contributed by atoms with E-state index in [2.05, 4.69) is 49.4 Å². The third kappa shape index (κ3) is 7.99. The first-order valence-electron chi connectivity index (χ1n) is 23.0. The average Bonchev–Trinajstić information content (AvgIpc) is 3.86. The molecule has 3 atom stereocenters. The van der Waals surface area contributed by atoms with Gasteiger partial charge < -0.3 is 25.4 Å². The number of piperidine rings is 2. The SMILES string of the molecule is Cc1sc2c(c1C)C(c1ccc(Cl)cc1)=N[C@@H](CC(=O)Nc1ccc(OC3CCN(C4CN(C5CN(c6ccc7c(c6)C(=O)N(C6CCC(O)NC6=O)C7=O)C5)C4)CC3)cc1)c1nnc(C)n1-2. The van der Waals surface area contributed by atoms with Gasteiger partial charge in [0.15, 0.2) is 5.82 Å². The van der Waals surface area contributed by atoms with Gasteiger partial charge in [0.05, 0.1) is 23.3 Å². The highest BCUT2D eigenvalue weighted by atomic mass is 35.5. The quantitative estimate of drug-likeness (QED) is 0.152. The van der Waals surface area contributed by atoms with Crippen LogP contribution >= 0.6 is 22.9 Å². The zero-order valence-electron chi connectivity index (χ0n) is 37.4. The number of aromatic nitrogens is 3. The molecule has 0 bridgehead atoms. The van der Waals surface area contributed by atoms with Crippen LogP contribution in [0.15, 0.2) is 71.7 Å². The van der Waals surface area contributed by atoms with Crippen molar-refractivity contribution in [2.24, 2.45) is 4.99 Å². The predicted octanol–water partition coefficient (Wildman–Crippen LogP) is 5.44. The van der Waals surface area contributed by atoms with Gasteiger partial charge >= 0.3 is 0 Å². The number of aliphatic hydroxyl groups is 1. The molecule has 3 aromatic carbocycles. The van der Waals surface area contributed by atoms with E-state index >= 15 is 0 Å². The molecular weight excluding hydrogens is 892 g/mol. The van der Waals surface area contributed by atoms with E-state index in [4.69, 9.17) is 21.3 Å². The Bertz CT molecular complexity index is 2830. The fourth-order valence-corrected chi connectivity index (χ4v) is 11.7. The fraction of sp³-hybridized carbons (Fsp3) is 0.408. The molecule has 2 unspecified atom stereocenters. The van der Waals surface area contributed by atoms with Crippen molar-refractivity contribution in [3.63, 3.8) is 0 Å². The summed E-state index contributed by atoms with van der Waals surface area (Å²) in [6.07, 6.45) is 1.63. The van der Waals surface area contributed by atoms with Gasteiger partial charge in [0.2, 0.25) is 11.8 Å². The summed E-state index contributed by atoms with van der Waals surface area (Å²) in [5.41, 5.74) is 6.10. The van der Waals surface area contributed by atoms with Gasteiger partial charge in [-0.15, -0.1) is 21.5 Å². The van der Waals surface area contributed by atoms with Crippen LogP contribution in [0.25, 0.3) is 5.00 Å². The third-order valence-corrected chi connectivity index (χ3v) is 15.8. The second kappa shape index (κ2) is 17.3. The van der Waals surface area contributed by atoms with Gasteiger partial charge in [-0.3, -0.25) is 43.4 Å². The number of aliphatic imine (C=N–C) groups is 1. The Morgan fingerprint density at radius 2 is 1.58 bits per heavy atom. The maximum absolute atomic E-state index is 13.7. The minimum Gasteiger partial charge on any atom is -0.490 e. The average molecular weight is 944 g/mol. The number of imide groups is 1. The number of nitrogens with zero attached hydrogens (tertiary/aromatic N) is 8. The highest BCUT2D eigenvalue weighted by Crippen LogP contribution is 2.40. The molecule has 4 saturated heterocycles. The molecule has 4 fully saturated rings. The maximum Gasteiger partial charge on any atom is 0.262 e. The Morgan fingerprint density at radius 3 is 2.31 bits per heavy atom. The molecule has 16 nitrogen and oxygen atoms in total. The monoisotopic (exact) mass is 942 g/mol. The first-order valence-corrected chi connectivity index (χ1v) is 24.2.